The van der Waals surface area contributed by atoms with Crippen molar-refractivity contribution in [3.8, 4) is 11.1 Å². The lowest BCUT2D eigenvalue weighted by Crippen LogP contribution is -2.10. The predicted molar refractivity (Wildman–Crippen MR) is 210 cm³/mol. The van der Waals surface area contributed by atoms with E-state index in [9.17, 15) is 0 Å². The molecular weight excluding hydrogens is 579 g/mol. The van der Waals surface area contributed by atoms with Crippen molar-refractivity contribution in [3.05, 3.63) is 199 Å². The zero-order chi connectivity index (χ0) is 33.1. The van der Waals surface area contributed by atoms with Gasteiger partial charge >= 0.3 is 0 Å². The molecule has 236 valence electrons. The van der Waals surface area contributed by atoms with Crippen LogP contribution in [0.4, 0.5) is 17.1 Å². The fourth-order valence-corrected chi connectivity index (χ4v) is 6.07. The number of allylic oxidation sites excluding steroid dienone is 4. The van der Waals surface area contributed by atoms with Crippen LogP contribution < -0.4 is 4.90 Å². The molecule has 0 saturated heterocycles. The third-order valence-electron chi connectivity index (χ3n) is 8.76. The molecule has 7 aromatic rings. The van der Waals surface area contributed by atoms with Gasteiger partial charge in [-0.1, -0.05) is 163 Å². The highest BCUT2D eigenvalue weighted by Crippen LogP contribution is 2.39. The standard InChI is InChI=1S/C29H23N.C11H10.C7H10/c1-22-14-16-23(17-15-22)24-18-20-27(21-19-24)30(26-10-3-2-4-11-26)29-13-7-9-25-8-5-6-12-28(25)29;1-9-5-4-7-10-6-2-3-8-11(9)10;1-7-5-3-2-4-6-7/h2-21H,1H3;2-8H,1H3;2-3,5H,4,6H2,1H3. The van der Waals surface area contributed by atoms with Crippen molar-refractivity contribution in [1.29, 1.82) is 0 Å². The summed E-state index contributed by atoms with van der Waals surface area (Å²) in [6, 6.07) is 58.0. The summed E-state index contributed by atoms with van der Waals surface area (Å²) in [6.07, 6.45) is 8.99. The number of para-hydroxylation sites is 1. The molecule has 0 heterocycles. The third kappa shape index (κ3) is 8.00. The molecule has 8 rings (SSSR count). The lowest BCUT2D eigenvalue weighted by molar-refractivity contribution is 0.962. The van der Waals surface area contributed by atoms with E-state index in [2.05, 4.69) is 208 Å². The fraction of sp³-hybridized carbons (Fsp3) is 0.106. The first-order valence-electron chi connectivity index (χ1n) is 16.8. The Morgan fingerprint density at radius 2 is 1.00 bits per heavy atom. The van der Waals surface area contributed by atoms with Crippen molar-refractivity contribution in [2.24, 2.45) is 0 Å². The first-order chi connectivity index (χ1) is 23.6. The fourth-order valence-electron chi connectivity index (χ4n) is 6.07. The van der Waals surface area contributed by atoms with E-state index in [1.807, 2.05) is 0 Å². The summed E-state index contributed by atoms with van der Waals surface area (Å²) in [5, 5.41) is 5.17. The first kappa shape index (κ1) is 32.3. The minimum atomic E-state index is 1.15. The Morgan fingerprint density at radius 1 is 0.458 bits per heavy atom. The molecule has 1 aliphatic carbocycles. The van der Waals surface area contributed by atoms with Gasteiger partial charge in [0, 0.05) is 16.8 Å². The predicted octanol–water partition coefficient (Wildman–Crippen LogP) is 13.7. The summed E-state index contributed by atoms with van der Waals surface area (Å²) < 4.78 is 0. The van der Waals surface area contributed by atoms with Crippen LogP contribution in [0.5, 0.6) is 0 Å². The highest BCUT2D eigenvalue weighted by molar-refractivity contribution is 5.99. The molecule has 0 unspecified atom stereocenters. The second-order valence-electron chi connectivity index (χ2n) is 12.4. The van der Waals surface area contributed by atoms with Gasteiger partial charge in [0.15, 0.2) is 0 Å². The summed E-state index contributed by atoms with van der Waals surface area (Å²) >= 11 is 0. The number of anilines is 3. The number of hydrogen-bond acceptors (Lipinski definition) is 1. The summed E-state index contributed by atoms with van der Waals surface area (Å²) in [4.78, 5) is 2.33. The van der Waals surface area contributed by atoms with Crippen LogP contribution >= 0.6 is 0 Å². The van der Waals surface area contributed by atoms with Crippen LogP contribution in [0.2, 0.25) is 0 Å². The molecule has 0 aromatic heterocycles. The molecule has 7 aromatic carbocycles. The van der Waals surface area contributed by atoms with Gasteiger partial charge in [0.1, 0.15) is 0 Å². The van der Waals surface area contributed by atoms with E-state index in [1.165, 1.54) is 67.9 Å². The van der Waals surface area contributed by atoms with Gasteiger partial charge < -0.3 is 4.90 Å². The monoisotopic (exact) mass is 621 g/mol. The molecular formula is C47H43N. The Bertz CT molecular complexity index is 2120. The van der Waals surface area contributed by atoms with Gasteiger partial charge in [-0.25, -0.2) is 0 Å². The van der Waals surface area contributed by atoms with Gasteiger partial charge in [0.25, 0.3) is 0 Å². The van der Waals surface area contributed by atoms with Crippen LogP contribution in [0.15, 0.2) is 188 Å². The van der Waals surface area contributed by atoms with Crippen LogP contribution in [0.25, 0.3) is 32.7 Å². The largest absolute Gasteiger partial charge is 0.310 e. The molecule has 1 nitrogen and oxygen atoms in total. The lowest BCUT2D eigenvalue weighted by Gasteiger charge is -2.27. The van der Waals surface area contributed by atoms with Gasteiger partial charge in [0.2, 0.25) is 0 Å². The van der Waals surface area contributed by atoms with Gasteiger partial charge in [-0.15, -0.1) is 0 Å². The maximum absolute atomic E-state index is 2.33. The maximum Gasteiger partial charge on any atom is 0.0540 e. The molecule has 1 aliphatic rings. The van der Waals surface area contributed by atoms with Crippen LogP contribution in [0.3, 0.4) is 0 Å². The Labute approximate surface area is 286 Å². The smallest absolute Gasteiger partial charge is 0.0540 e. The van der Waals surface area contributed by atoms with E-state index in [0.29, 0.717) is 0 Å². The van der Waals surface area contributed by atoms with Crippen molar-refractivity contribution < 1.29 is 0 Å². The minimum absolute atomic E-state index is 1.15. The number of aryl methyl sites for hydroxylation is 2. The zero-order valence-electron chi connectivity index (χ0n) is 28.2. The van der Waals surface area contributed by atoms with E-state index < -0.39 is 0 Å². The zero-order valence-corrected chi connectivity index (χ0v) is 28.2. The van der Waals surface area contributed by atoms with Crippen molar-refractivity contribution >= 4 is 38.6 Å². The van der Waals surface area contributed by atoms with E-state index in [0.717, 1.165) is 11.4 Å². The van der Waals surface area contributed by atoms with Gasteiger partial charge in [-0.3, -0.25) is 0 Å². The van der Waals surface area contributed by atoms with Crippen molar-refractivity contribution in [2.75, 3.05) is 4.90 Å². The van der Waals surface area contributed by atoms with Crippen molar-refractivity contribution in [1.82, 2.24) is 0 Å². The highest BCUT2D eigenvalue weighted by atomic mass is 15.1. The van der Waals surface area contributed by atoms with E-state index in [4.69, 9.17) is 0 Å². The lowest BCUT2D eigenvalue weighted by atomic mass is 10.0. The molecule has 0 aliphatic heterocycles. The van der Waals surface area contributed by atoms with E-state index in [-0.39, 0.29) is 0 Å². The molecule has 48 heavy (non-hydrogen) atoms. The third-order valence-corrected chi connectivity index (χ3v) is 8.76. The first-order valence-corrected chi connectivity index (χ1v) is 16.8. The summed E-state index contributed by atoms with van der Waals surface area (Å²) in [5.41, 5.74) is 10.1. The highest BCUT2D eigenvalue weighted by Gasteiger charge is 2.15. The number of hydrogen-bond donors (Lipinski definition) is 0. The molecule has 0 spiro atoms. The van der Waals surface area contributed by atoms with Crippen molar-refractivity contribution in [2.45, 2.75) is 33.6 Å². The number of nitrogens with zero attached hydrogens (tertiary/aromatic N) is 1. The van der Waals surface area contributed by atoms with E-state index >= 15 is 0 Å². The molecule has 1 heteroatoms. The van der Waals surface area contributed by atoms with Crippen LogP contribution in [-0.2, 0) is 0 Å². The second-order valence-corrected chi connectivity index (χ2v) is 12.4. The van der Waals surface area contributed by atoms with E-state index in [1.54, 1.807) is 0 Å². The molecule has 0 atom stereocenters. The Kier molecular flexibility index (Phi) is 10.6. The number of fused-ring (bicyclic) bond motifs is 2. The summed E-state index contributed by atoms with van der Waals surface area (Å²) in [6.45, 7) is 6.43. The average molecular weight is 622 g/mol. The maximum atomic E-state index is 2.33. The molecule has 0 saturated carbocycles. The molecule has 0 bridgehead atoms. The van der Waals surface area contributed by atoms with Gasteiger partial charge in [-0.05, 0) is 96.8 Å². The molecule has 0 amide bonds. The van der Waals surface area contributed by atoms with Crippen LogP contribution in [0, 0.1) is 13.8 Å². The van der Waals surface area contributed by atoms with Crippen molar-refractivity contribution in [3.63, 3.8) is 0 Å². The second kappa shape index (κ2) is 15.8. The van der Waals surface area contributed by atoms with Gasteiger partial charge in [-0.2, -0.15) is 0 Å². The summed E-state index contributed by atoms with van der Waals surface area (Å²) in [5.74, 6) is 0. The Balaban J connectivity index is 0.000000180. The SMILES string of the molecule is CC1=CC=CCC1.Cc1ccc(-c2ccc(N(c3ccccc3)c3cccc4ccccc34)cc2)cc1.Cc1cccc2ccccc12. The normalized spacial score (nSPS) is 11.9. The Morgan fingerprint density at radius 3 is 1.60 bits per heavy atom. The number of benzene rings is 7. The van der Waals surface area contributed by atoms with Crippen LogP contribution in [-0.4, -0.2) is 0 Å². The molecule has 0 N–H and O–H groups in total. The van der Waals surface area contributed by atoms with Gasteiger partial charge in [0.05, 0.1) is 5.69 Å². The summed E-state index contributed by atoms with van der Waals surface area (Å²) in [7, 11) is 0. The average Bonchev–Trinajstić information content (AvgIpc) is 3.14. The van der Waals surface area contributed by atoms with Crippen LogP contribution in [0.1, 0.15) is 30.9 Å². The number of rotatable bonds is 4. The topological polar surface area (TPSA) is 3.24 Å². The molecule has 0 radical (unpaired) electrons. The Hall–Kier alpha value is -5.66. The minimum Gasteiger partial charge on any atom is -0.310 e. The quantitative estimate of drug-likeness (QED) is 0.189. The molecule has 0 fully saturated rings.